The summed E-state index contributed by atoms with van der Waals surface area (Å²) in [5.41, 5.74) is 11.4. The number of amides is 1. The van der Waals surface area contributed by atoms with E-state index in [-0.39, 0.29) is 11.3 Å². The normalized spacial score (nSPS) is 10.2. The number of anilines is 1. The van der Waals surface area contributed by atoms with E-state index in [4.69, 9.17) is 27.8 Å². The van der Waals surface area contributed by atoms with Gasteiger partial charge in [0.1, 0.15) is 11.5 Å². The zero-order chi connectivity index (χ0) is 14.0. The number of carbonyl (C=O) groups is 1. The second-order valence-electron chi connectivity index (χ2n) is 3.77. The third-order valence-corrected chi connectivity index (χ3v) is 3.36. The van der Waals surface area contributed by atoms with Gasteiger partial charge in [0.25, 0.3) is 5.91 Å². The number of nitrogens with two attached hydrogens (primary N) is 2. The van der Waals surface area contributed by atoms with E-state index in [2.05, 4.69) is 15.9 Å². The first-order chi connectivity index (χ1) is 8.99. The monoisotopic (exact) mass is 340 g/mol. The van der Waals surface area contributed by atoms with Crippen molar-refractivity contribution in [2.24, 2.45) is 5.73 Å². The number of nitrogen functional groups attached to an aromatic ring is 1. The van der Waals surface area contributed by atoms with Gasteiger partial charge in [0, 0.05) is 5.69 Å². The highest BCUT2D eigenvalue weighted by Gasteiger charge is 2.13. The average molecular weight is 342 g/mol. The number of rotatable bonds is 3. The highest BCUT2D eigenvalue weighted by molar-refractivity contribution is 9.10. The molecule has 0 bridgehead atoms. The highest BCUT2D eigenvalue weighted by Crippen LogP contribution is 2.35. The Morgan fingerprint density at radius 2 is 1.89 bits per heavy atom. The highest BCUT2D eigenvalue weighted by atomic mass is 79.9. The number of para-hydroxylation sites is 1. The van der Waals surface area contributed by atoms with Gasteiger partial charge in [-0.05, 0) is 40.2 Å². The number of hydrogen-bond acceptors (Lipinski definition) is 3. The quantitative estimate of drug-likeness (QED) is 0.838. The molecule has 0 saturated heterocycles. The first kappa shape index (κ1) is 13.7. The Morgan fingerprint density at radius 3 is 2.53 bits per heavy atom. The fourth-order valence-electron chi connectivity index (χ4n) is 1.51. The van der Waals surface area contributed by atoms with Gasteiger partial charge in [0.15, 0.2) is 0 Å². The van der Waals surface area contributed by atoms with Crippen LogP contribution >= 0.6 is 27.5 Å². The van der Waals surface area contributed by atoms with Crippen molar-refractivity contribution in [2.75, 3.05) is 5.73 Å². The minimum absolute atomic E-state index is 0.199. The van der Waals surface area contributed by atoms with Crippen LogP contribution in [0.2, 0.25) is 5.02 Å². The third kappa shape index (κ3) is 3.00. The van der Waals surface area contributed by atoms with Crippen LogP contribution in [-0.4, -0.2) is 5.91 Å². The molecule has 6 heteroatoms. The van der Waals surface area contributed by atoms with Crippen LogP contribution in [0.25, 0.3) is 0 Å². The number of primary amides is 1. The lowest BCUT2D eigenvalue weighted by atomic mass is 10.1. The van der Waals surface area contributed by atoms with Crippen LogP contribution < -0.4 is 16.2 Å². The summed E-state index contributed by atoms with van der Waals surface area (Å²) in [6.07, 6.45) is 0. The van der Waals surface area contributed by atoms with Gasteiger partial charge in [-0.3, -0.25) is 4.79 Å². The van der Waals surface area contributed by atoms with Crippen LogP contribution in [0.15, 0.2) is 40.9 Å². The van der Waals surface area contributed by atoms with E-state index in [0.717, 1.165) is 0 Å². The van der Waals surface area contributed by atoms with Crippen LogP contribution in [0.4, 0.5) is 5.69 Å². The lowest BCUT2D eigenvalue weighted by Gasteiger charge is -2.11. The largest absolute Gasteiger partial charge is 0.455 e. The van der Waals surface area contributed by atoms with Crippen molar-refractivity contribution in [1.82, 2.24) is 0 Å². The van der Waals surface area contributed by atoms with E-state index >= 15 is 0 Å². The maximum Gasteiger partial charge on any atom is 0.250 e. The molecule has 0 spiro atoms. The molecule has 2 aromatic carbocycles. The Hall–Kier alpha value is -1.72. The molecule has 0 unspecified atom stereocenters. The maximum absolute atomic E-state index is 11.2. The summed E-state index contributed by atoms with van der Waals surface area (Å²) in [5.74, 6) is 0.273. The molecule has 0 fully saturated rings. The van der Waals surface area contributed by atoms with E-state index in [0.29, 0.717) is 21.0 Å². The number of halogens is 2. The molecule has 2 rings (SSSR count). The standard InChI is InChI=1S/C13H10BrClN2O2/c14-8-6-10(16)7(13(17)18)5-12(8)19-11-4-2-1-3-9(11)15/h1-6H,16H2,(H2,17,18). The van der Waals surface area contributed by atoms with Crippen molar-refractivity contribution in [3.8, 4) is 11.5 Å². The van der Waals surface area contributed by atoms with E-state index in [9.17, 15) is 4.79 Å². The zero-order valence-corrected chi connectivity index (χ0v) is 12.0. The number of benzene rings is 2. The van der Waals surface area contributed by atoms with E-state index in [1.807, 2.05) is 0 Å². The average Bonchev–Trinajstić information content (AvgIpc) is 2.34. The SMILES string of the molecule is NC(=O)c1cc(Oc2ccccc2Cl)c(Br)cc1N. The minimum Gasteiger partial charge on any atom is -0.455 e. The van der Waals surface area contributed by atoms with Crippen molar-refractivity contribution in [3.63, 3.8) is 0 Å². The molecule has 2 aromatic rings. The Labute approximate surface area is 123 Å². The molecule has 0 saturated carbocycles. The van der Waals surface area contributed by atoms with Gasteiger partial charge in [-0.15, -0.1) is 0 Å². The summed E-state index contributed by atoms with van der Waals surface area (Å²) >= 11 is 9.32. The van der Waals surface area contributed by atoms with Gasteiger partial charge in [-0.2, -0.15) is 0 Å². The van der Waals surface area contributed by atoms with Gasteiger partial charge in [-0.25, -0.2) is 0 Å². The molecule has 98 valence electrons. The second-order valence-corrected chi connectivity index (χ2v) is 5.03. The van der Waals surface area contributed by atoms with Crippen LogP contribution in [-0.2, 0) is 0 Å². The van der Waals surface area contributed by atoms with Gasteiger partial charge in [0.2, 0.25) is 0 Å². The van der Waals surface area contributed by atoms with E-state index in [1.165, 1.54) is 6.07 Å². The summed E-state index contributed by atoms with van der Waals surface area (Å²) in [6, 6.07) is 10.0. The van der Waals surface area contributed by atoms with Gasteiger partial charge >= 0.3 is 0 Å². The summed E-state index contributed by atoms with van der Waals surface area (Å²) in [6.45, 7) is 0. The number of hydrogen-bond donors (Lipinski definition) is 2. The molecule has 0 atom stereocenters. The summed E-state index contributed by atoms with van der Waals surface area (Å²) in [4.78, 5) is 11.2. The molecule has 0 heterocycles. The molecule has 4 N–H and O–H groups in total. The molecule has 0 aromatic heterocycles. The zero-order valence-electron chi connectivity index (χ0n) is 9.69. The summed E-state index contributed by atoms with van der Waals surface area (Å²) < 4.78 is 6.25. The van der Waals surface area contributed by atoms with Crippen LogP contribution in [0, 0.1) is 0 Å². The predicted molar refractivity (Wildman–Crippen MR) is 78.6 cm³/mol. The first-order valence-electron chi connectivity index (χ1n) is 5.30. The molecule has 4 nitrogen and oxygen atoms in total. The molecular weight excluding hydrogens is 332 g/mol. The lowest BCUT2D eigenvalue weighted by Crippen LogP contribution is -2.13. The van der Waals surface area contributed by atoms with Crippen molar-refractivity contribution in [3.05, 3.63) is 51.5 Å². The predicted octanol–water partition coefficient (Wildman–Crippen LogP) is 3.58. The summed E-state index contributed by atoms with van der Waals surface area (Å²) in [5, 5.41) is 0.465. The minimum atomic E-state index is -0.617. The Kier molecular flexibility index (Phi) is 3.97. The number of carbonyl (C=O) groups excluding carboxylic acids is 1. The number of ether oxygens (including phenoxy) is 1. The maximum atomic E-state index is 11.2. The molecule has 0 aliphatic rings. The van der Waals surface area contributed by atoms with Gasteiger partial charge in [-0.1, -0.05) is 23.7 Å². The molecule has 1 amide bonds. The lowest BCUT2D eigenvalue weighted by molar-refractivity contribution is 0.100. The van der Waals surface area contributed by atoms with Crippen molar-refractivity contribution >= 4 is 39.1 Å². The van der Waals surface area contributed by atoms with Crippen LogP contribution in [0.5, 0.6) is 11.5 Å². The van der Waals surface area contributed by atoms with Crippen molar-refractivity contribution in [1.29, 1.82) is 0 Å². The third-order valence-electron chi connectivity index (χ3n) is 2.43. The summed E-state index contributed by atoms with van der Waals surface area (Å²) in [7, 11) is 0. The van der Waals surface area contributed by atoms with Crippen molar-refractivity contribution < 1.29 is 9.53 Å². The fourth-order valence-corrected chi connectivity index (χ4v) is 2.12. The molecule has 0 aliphatic heterocycles. The smallest absolute Gasteiger partial charge is 0.250 e. The molecular formula is C13H10BrClN2O2. The van der Waals surface area contributed by atoms with Crippen LogP contribution in [0.3, 0.4) is 0 Å². The molecule has 19 heavy (non-hydrogen) atoms. The Balaban J connectivity index is 2.43. The van der Waals surface area contributed by atoms with E-state index < -0.39 is 5.91 Å². The van der Waals surface area contributed by atoms with Crippen LogP contribution in [0.1, 0.15) is 10.4 Å². The first-order valence-corrected chi connectivity index (χ1v) is 6.47. The van der Waals surface area contributed by atoms with E-state index in [1.54, 1.807) is 30.3 Å². The molecule has 0 aliphatic carbocycles. The topological polar surface area (TPSA) is 78.3 Å². The molecule has 0 radical (unpaired) electrons. The second kappa shape index (κ2) is 5.50. The van der Waals surface area contributed by atoms with Gasteiger partial charge < -0.3 is 16.2 Å². The Morgan fingerprint density at radius 1 is 1.21 bits per heavy atom. The van der Waals surface area contributed by atoms with Gasteiger partial charge in [0.05, 0.1) is 15.1 Å². The Bertz CT molecular complexity index is 647. The fraction of sp³-hybridized carbons (Fsp3) is 0. The van der Waals surface area contributed by atoms with Crippen molar-refractivity contribution in [2.45, 2.75) is 0 Å².